The van der Waals surface area contributed by atoms with Crippen LogP contribution in [0.3, 0.4) is 0 Å². The summed E-state index contributed by atoms with van der Waals surface area (Å²) >= 11 is 0. The summed E-state index contributed by atoms with van der Waals surface area (Å²) in [5.41, 5.74) is 6.30. The Labute approximate surface area is 231 Å². The predicted octanol–water partition coefficient (Wildman–Crippen LogP) is 7.16. The average molecular weight is 522 g/mol. The summed E-state index contributed by atoms with van der Waals surface area (Å²) in [5, 5.41) is 11.6. The van der Waals surface area contributed by atoms with Crippen molar-refractivity contribution in [2.45, 2.75) is 13.5 Å². The Kier molecular flexibility index (Phi) is 6.19. The van der Waals surface area contributed by atoms with Crippen molar-refractivity contribution < 1.29 is 4.57 Å². The number of fused-ring (bicyclic) bond motifs is 1. The molecule has 0 saturated carbocycles. The van der Waals surface area contributed by atoms with E-state index in [0.717, 1.165) is 13.1 Å². The molecule has 1 aliphatic rings. The molecule has 0 unspecified atom stereocenters. The third-order valence-corrected chi connectivity index (χ3v) is 10.0. The lowest BCUT2D eigenvalue weighted by molar-refractivity contribution is -0.669. The van der Waals surface area contributed by atoms with Gasteiger partial charge in [0.15, 0.2) is 12.7 Å². The largest absolute Gasteiger partial charge is 0.373 e. The zero-order valence-electron chi connectivity index (χ0n) is 22.0. The van der Waals surface area contributed by atoms with Crippen LogP contribution in [0.2, 0.25) is 0 Å². The van der Waals surface area contributed by atoms with Crippen LogP contribution in [0, 0.1) is 0 Å². The first-order valence-electron chi connectivity index (χ1n) is 13.6. The van der Waals surface area contributed by atoms with Gasteiger partial charge in [-0.15, -0.1) is 0 Å². The zero-order valence-corrected chi connectivity index (χ0v) is 22.9. The van der Waals surface area contributed by atoms with E-state index in [0.29, 0.717) is 0 Å². The molecular weight excluding hydrogens is 491 g/mol. The highest BCUT2D eigenvalue weighted by Gasteiger charge is 2.23. The van der Waals surface area contributed by atoms with Crippen molar-refractivity contribution >= 4 is 57.3 Å². The maximum Gasteiger partial charge on any atom is 0.236 e. The van der Waals surface area contributed by atoms with Gasteiger partial charge in [-0.25, -0.2) is 0 Å². The number of hydrogen-bond acceptors (Lipinski definition) is 1. The van der Waals surface area contributed by atoms with E-state index in [4.69, 9.17) is 0 Å². The van der Waals surface area contributed by atoms with Crippen LogP contribution in [0.5, 0.6) is 0 Å². The van der Waals surface area contributed by atoms with Crippen LogP contribution in [0.1, 0.15) is 12.5 Å². The van der Waals surface area contributed by atoms with E-state index in [9.17, 15) is 0 Å². The SMILES string of the molecule is C/C=C\c1ccc2cc(-c3ccc4cc(P(c5ccccc5)c5ccccc5)ccc4c3)c[n+]3c2c1NCC3. The van der Waals surface area contributed by atoms with Gasteiger partial charge in [0.1, 0.15) is 5.69 Å². The summed E-state index contributed by atoms with van der Waals surface area (Å²) in [6, 6.07) is 42.6. The van der Waals surface area contributed by atoms with Crippen LogP contribution in [0.4, 0.5) is 5.69 Å². The third kappa shape index (κ3) is 4.42. The number of anilines is 1. The predicted molar refractivity (Wildman–Crippen MR) is 169 cm³/mol. The van der Waals surface area contributed by atoms with Crippen molar-refractivity contribution in [2.75, 3.05) is 11.9 Å². The van der Waals surface area contributed by atoms with Gasteiger partial charge in [0.05, 0.1) is 6.54 Å². The Morgan fingerprint density at radius 2 is 1.33 bits per heavy atom. The highest BCUT2D eigenvalue weighted by molar-refractivity contribution is 7.79. The molecule has 188 valence electrons. The minimum atomic E-state index is -0.614. The van der Waals surface area contributed by atoms with Gasteiger partial charge in [-0.2, -0.15) is 4.57 Å². The number of rotatable bonds is 5. The van der Waals surface area contributed by atoms with Crippen molar-refractivity contribution in [2.24, 2.45) is 0 Å². The monoisotopic (exact) mass is 521 g/mol. The van der Waals surface area contributed by atoms with Crippen molar-refractivity contribution in [3.63, 3.8) is 0 Å². The topological polar surface area (TPSA) is 15.9 Å². The lowest BCUT2D eigenvalue weighted by Crippen LogP contribution is -2.42. The van der Waals surface area contributed by atoms with Crippen LogP contribution >= 0.6 is 7.92 Å². The normalized spacial score (nSPS) is 12.9. The number of nitrogens with zero attached hydrogens (tertiary/aromatic N) is 1. The van der Waals surface area contributed by atoms with Crippen LogP contribution in [0.15, 0.2) is 128 Å². The van der Waals surface area contributed by atoms with Crippen LogP contribution in [-0.2, 0) is 6.54 Å². The van der Waals surface area contributed by atoms with E-state index in [2.05, 4.69) is 150 Å². The van der Waals surface area contributed by atoms with Gasteiger partial charge in [-0.3, -0.25) is 0 Å². The summed E-state index contributed by atoms with van der Waals surface area (Å²) < 4.78 is 2.42. The number of nitrogens with one attached hydrogen (secondary N) is 1. The van der Waals surface area contributed by atoms with Gasteiger partial charge in [0.2, 0.25) is 5.52 Å². The molecule has 0 spiro atoms. The summed E-state index contributed by atoms with van der Waals surface area (Å²) in [7, 11) is -0.614. The fraction of sp³-hybridized carbons (Fsp3) is 0.0833. The molecule has 0 fully saturated rings. The molecule has 2 heterocycles. The van der Waals surface area contributed by atoms with Gasteiger partial charge in [-0.1, -0.05) is 103 Å². The maximum absolute atomic E-state index is 3.63. The smallest absolute Gasteiger partial charge is 0.236 e. The molecule has 2 nitrogen and oxygen atoms in total. The molecular formula is C36H30N2P+. The fourth-order valence-corrected chi connectivity index (χ4v) is 8.11. The summed E-state index contributed by atoms with van der Waals surface area (Å²) in [5.74, 6) is 0. The van der Waals surface area contributed by atoms with E-state index in [-0.39, 0.29) is 0 Å². The van der Waals surface area contributed by atoms with Crippen molar-refractivity contribution in [3.05, 3.63) is 133 Å². The highest BCUT2D eigenvalue weighted by Crippen LogP contribution is 2.35. The summed E-state index contributed by atoms with van der Waals surface area (Å²) in [6.07, 6.45) is 6.62. The minimum absolute atomic E-state index is 0.614. The average Bonchev–Trinajstić information content (AvgIpc) is 2.99. The molecule has 0 bridgehead atoms. The second kappa shape index (κ2) is 10.1. The summed E-state index contributed by atoms with van der Waals surface area (Å²) in [6.45, 7) is 3.98. The van der Waals surface area contributed by atoms with E-state index >= 15 is 0 Å². The number of hydrogen-bond donors (Lipinski definition) is 1. The second-order valence-corrected chi connectivity index (χ2v) is 12.3. The highest BCUT2D eigenvalue weighted by atomic mass is 31.1. The van der Waals surface area contributed by atoms with Crippen molar-refractivity contribution in [1.82, 2.24) is 0 Å². The van der Waals surface area contributed by atoms with Gasteiger partial charge in [0, 0.05) is 16.5 Å². The number of pyridine rings is 1. The lowest BCUT2D eigenvalue weighted by Gasteiger charge is -2.20. The molecule has 0 amide bonds. The lowest BCUT2D eigenvalue weighted by atomic mass is 9.99. The zero-order chi connectivity index (χ0) is 26.2. The molecule has 0 radical (unpaired) electrons. The maximum atomic E-state index is 3.63. The molecule has 7 rings (SSSR count). The van der Waals surface area contributed by atoms with Gasteiger partial charge in [0.25, 0.3) is 0 Å². The Bertz CT molecular complexity index is 1800. The number of aromatic nitrogens is 1. The van der Waals surface area contributed by atoms with Gasteiger partial charge in [-0.05, 0) is 71.4 Å². The molecule has 0 saturated heterocycles. The Morgan fingerprint density at radius 3 is 2.08 bits per heavy atom. The van der Waals surface area contributed by atoms with Crippen molar-refractivity contribution in [1.29, 1.82) is 0 Å². The summed E-state index contributed by atoms with van der Waals surface area (Å²) in [4.78, 5) is 0. The molecule has 1 N–H and O–H groups in total. The van der Waals surface area contributed by atoms with Gasteiger partial charge >= 0.3 is 0 Å². The first-order valence-corrected chi connectivity index (χ1v) is 14.9. The van der Waals surface area contributed by atoms with E-state index in [1.54, 1.807) is 0 Å². The Hall–Kier alpha value is -4.26. The molecule has 1 aliphatic heterocycles. The number of benzene rings is 5. The molecule has 1 aromatic heterocycles. The molecule has 0 atom stereocenters. The van der Waals surface area contributed by atoms with E-state index in [1.165, 1.54) is 60.0 Å². The van der Waals surface area contributed by atoms with Gasteiger partial charge < -0.3 is 5.32 Å². The molecule has 39 heavy (non-hydrogen) atoms. The Balaban J connectivity index is 1.30. The molecule has 5 aromatic carbocycles. The standard InChI is InChI=1S/C36H30N2P/c1-2-9-26-14-17-30-23-31(25-38-21-20-37-35(26)36(30)38)28-15-16-29-24-34(19-18-27(29)22-28)39(32-10-5-3-6-11-32)33-12-7-4-8-13-33/h2-19,22-25,37H,20-21H2,1H3/q+1/b9-2-. The van der Waals surface area contributed by atoms with Crippen LogP contribution in [-0.4, -0.2) is 6.54 Å². The van der Waals surface area contributed by atoms with E-state index < -0.39 is 7.92 Å². The fourth-order valence-electron chi connectivity index (χ4n) is 5.78. The molecule has 3 heteroatoms. The quantitative estimate of drug-likeness (QED) is 0.188. The second-order valence-electron chi connectivity index (χ2n) is 10.1. The van der Waals surface area contributed by atoms with Crippen molar-refractivity contribution in [3.8, 4) is 11.1 Å². The Morgan fingerprint density at radius 1 is 0.667 bits per heavy atom. The third-order valence-electron chi connectivity index (χ3n) is 7.58. The van der Waals surface area contributed by atoms with Crippen LogP contribution in [0.25, 0.3) is 38.9 Å². The van der Waals surface area contributed by atoms with E-state index in [1.807, 2.05) is 0 Å². The molecule has 0 aliphatic carbocycles. The molecule has 6 aromatic rings. The van der Waals surface area contributed by atoms with Crippen LogP contribution < -0.4 is 25.8 Å². The number of allylic oxidation sites excluding steroid dienone is 1. The minimum Gasteiger partial charge on any atom is -0.373 e. The first kappa shape index (κ1) is 23.8. The first-order chi connectivity index (χ1) is 19.3.